The van der Waals surface area contributed by atoms with Gasteiger partial charge in [0.1, 0.15) is 0 Å². The molecule has 8 aromatic rings. The Morgan fingerprint density at radius 2 is 0.851 bits per heavy atom. The van der Waals surface area contributed by atoms with E-state index in [4.69, 9.17) is 0 Å². The monoisotopic (exact) mass is 596 g/mol. The van der Waals surface area contributed by atoms with Crippen LogP contribution in [0, 0.1) is 0 Å². The van der Waals surface area contributed by atoms with Crippen molar-refractivity contribution >= 4 is 21.5 Å². The molecule has 0 nitrogen and oxygen atoms in total. The number of hydrogen-bond acceptors (Lipinski definition) is 0. The molecule has 0 saturated carbocycles. The normalized spacial score (nSPS) is 13.5. The lowest BCUT2D eigenvalue weighted by atomic mass is 9.81. The van der Waals surface area contributed by atoms with Crippen molar-refractivity contribution in [1.82, 2.24) is 0 Å². The summed E-state index contributed by atoms with van der Waals surface area (Å²) in [7, 11) is 0. The average molecular weight is 597 g/mol. The highest BCUT2D eigenvalue weighted by molar-refractivity contribution is 6.27. The van der Waals surface area contributed by atoms with Crippen LogP contribution in [0.5, 0.6) is 0 Å². The Hall–Kier alpha value is -5.72. The zero-order valence-electron chi connectivity index (χ0n) is 26.5. The van der Waals surface area contributed by atoms with Crippen LogP contribution in [0.15, 0.2) is 158 Å². The maximum absolute atomic E-state index is 2.42. The molecule has 0 bridgehead atoms. The summed E-state index contributed by atoms with van der Waals surface area (Å²) in [5.41, 5.74) is 18.5. The summed E-state index contributed by atoms with van der Waals surface area (Å²) in [6.45, 7) is 4.71. The van der Waals surface area contributed by atoms with E-state index in [2.05, 4.69) is 172 Å². The molecule has 47 heavy (non-hydrogen) atoms. The molecule has 0 spiro atoms. The predicted octanol–water partition coefficient (Wildman–Crippen LogP) is 12.9. The second kappa shape index (κ2) is 9.64. The zero-order valence-corrected chi connectivity index (χ0v) is 26.5. The van der Waals surface area contributed by atoms with Crippen LogP contribution >= 0.6 is 0 Å². The largest absolute Gasteiger partial charge is 0.0622 e. The third-order valence-corrected chi connectivity index (χ3v) is 10.8. The summed E-state index contributed by atoms with van der Waals surface area (Å²) >= 11 is 0. The van der Waals surface area contributed by atoms with Crippen LogP contribution in [-0.2, 0) is 5.41 Å². The fourth-order valence-electron chi connectivity index (χ4n) is 8.65. The average Bonchev–Trinajstić information content (AvgIpc) is 3.57. The smallest absolute Gasteiger partial charge is 0.0159 e. The minimum Gasteiger partial charge on any atom is -0.0622 e. The summed E-state index contributed by atoms with van der Waals surface area (Å²) in [5.74, 6) is 0. The number of hydrogen-bond donors (Lipinski definition) is 0. The second-order valence-corrected chi connectivity index (χ2v) is 13.6. The van der Waals surface area contributed by atoms with E-state index in [9.17, 15) is 0 Å². The first kappa shape index (κ1) is 26.5. The van der Waals surface area contributed by atoms with E-state index in [0.717, 1.165) is 0 Å². The third-order valence-electron chi connectivity index (χ3n) is 10.8. The van der Waals surface area contributed by atoms with Gasteiger partial charge in [0.05, 0.1) is 0 Å². The van der Waals surface area contributed by atoms with Crippen LogP contribution in [0.2, 0.25) is 0 Å². The quantitative estimate of drug-likeness (QED) is 0.190. The van der Waals surface area contributed by atoms with Gasteiger partial charge in [0.2, 0.25) is 0 Å². The van der Waals surface area contributed by atoms with Crippen molar-refractivity contribution < 1.29 is 0 Å². The molecule has 0 atom stereocenters. The van der Waals surface area contributed by atoms with Crippen molar-refractivity contribution in [3.63, 3.8) is 0 Å². The lowest BCUT2D eigenvalue weighted by molar-refractivity contribution is 0.660. The Morgan fingerprint density at radius 1 is 0.340 bits per heavy atom. The molecule has 0 saturated heterocycles. The Balaban J connectivity index is 1.20. The summed E-state index contributed by atoms with van der Waals surface area (Å²) in [6.07, 6.45) is 0. The molecule has 10 rings (SSSR count). The molecular weight excluding hydrogens is 565 g/mol. The molecule has 0 amide bonds. The van der Waals surface area contributed by atoms with E-state index >= 15 is 0 Å². The van der Waals surface area contributed by atoms with Crippen molar-refractivity contribution in [2.75, 3.05) is 0 Å². The number of rotatable bonds is 3. The van der Waals surface area contributed by atoms with E-state index in [1.807, 2.05) is 0 Å². The minimum absolute atomic E-state index is 0.0160. The molecule has 0 heteroatoms. The van der Waals surface area contributed by atoms with Crippen molar-refractivity contribution in [2.24, 2.45) is 0 Å². The minimum atomic E-state index is -0.0160. The van der Waals surface area contributed by atoms with E-state index in [1.54, 1.807) is 0 Å². The van der Waals surface area contributed by atoms with Gasteiger partial charge in [-0.2, -0.15) is 0 Å². The third kappa shape index (κ3) is 3.64. The fourth-order valence-corrected chi connectivity index (χ4v) is 8.65. The molecule has 220 valence electrons. The van der Waals surface area contributed by atoms with Crippen molar-refractivity contribution in [1.29, 1.82) is 0 Å². The SMILES string of the molecule is CC1(C)c2ccccc2-c2ccc(-c3ccc(-c4c5c(c(-c6ccccc6)c6ccccc46)-c4cccc6cccc-5c46)cc3)cc21. The van der Waals surface area contributed by atoms with Gasteiger partial charge in [-0.05, 0) is 105 Å². The van der Waals surface area contributed by atoms with Gasteiger partial charge < -0.3 is 0 Å². The van der Waals surface area contributed by atoms with Gasteiger partial charge >= 0.3 is 0 Å². The first-order valence-electron chi connectivity index (χ1n) is 16.6. The van der Waals surface area contributed by atoms with Gasteiger partial charge in [0.25, 0.3) is 0 Å². The Bertz CT molecular complexity index is 2560. The van der Waals surface area contributed by atoms with Crippen molar-refractivity contribution in [3.8, 4) is 66.8 Å². The van der Waals surface area contributed by atoms with E-state index in [-0.39, 0.29) is 5.41 Å². The molecule has 0 N–H and O–H groups in total. The van der Waals surface area contributed by atoms with Crippen LogP contribution in [0.25, 0.3) is 88.3 Å². The summed E-state index contributed by atoms with van der Waals surface area (Å²) in [6, 6.07) is 58.8. The topological polar surface area (TPSA) is 0 Å². The number of fused-ring (bicyclic) bond motifs is 7. The lowest BCUT2D eigenvalue weighted by Crippen LogP contribution is -2.14. The standard InChI is InChI=1S/C47H32/c1-47(2)40-21-9-8-16-34(40)35-27-26-33(28-41(35)47)29-22-24-32(25-23-29)44-37-18-7-6-17-36(37)43(31-12-4-3-5-13-31)45-38-19-10-14-30-15-11-20-39(42(30)38)46(44)45/h3-28H,1-2H3. The number of benzene rings is 8. The van der Waals surface area contributed by atoms with Gasteiger partial charge in [0.15, 0.2) is 0 Å². The molecule has 0 radical (unpaired) electrons. The van der Waals surface area contributed by atoms with Crippen molar-refractivity contribution in [2.45, 2.75) is 19.3 Å². The highest BCUT2D eigenvalue weighted by Gasteiger charge is 2.35. The Kier molecular flexibility index (Phi) is 5.44. The van der Waals surface area contributed by atoms with Crippen LogP contribution in [0.1, 0.15) is 25.0 Å². The zero-order chi connectivity index (χ0) is 31.3. The maximum Gasteiger partial charge on any atom is 0.0159 e. The molecular formula is C47H32. The predicted molar refractivity (Wildman–Crippen MR) is 200 cm³/mol. The van der Waals surface area contributed by atoms with E-state index < -0.39 is 0 Å². The van der Waals surface area contributed by atoms with E-state index in [0.29, 0.717) is 0 Å². The van der Waals surface area contributed by atoms with Crippen LogP contribution in [0.3, 0.4) is 0 Å². The lowest BCUT2D eigenvalue weighted by Gasteiger charge is -2.22. The second-order valence-electron chi connectivity index (χ2n) is 13.6. The van der Waals surface area contributed by atoms with Gasteiger partial charge in [-0.1, -0.05) is 166 Å². The van der Waals surface area contributed by atoms with Crippen molar-refractivity contribution in [3.05, 3.63) is 169 Å². The molecule has 0 fully saturated rings. The molecule has 2 aliphatic carbocycles. The highest BCUT2D eigenvalue weighted by atomic mass is 14.4. The summed E-state index contributed by atoms with van der Waals surface area (Å²) in [5, 5.41) is 5.24. The van der Waals surface area contributed by atoms with Gasteiger partial charge in [-0.25, -0.2) is 0 Å². The van der Waals surface area contributed by atoms with Gasteiger partial charge in [-0.3, -0.25) is 0 Å². The van der Waals surface area contributed by atoms with Gasteiger partial charge in [0, 0.05) is 5.41 Å². The molecule has 0 aromatic heterocycles. The Labute approximate surface area is 275 Å². The maximum atomic E-state index is 2.42. The molecule has 0 heterocycles. The molecule has 0 unspecified atom stereocenters. The van der Waals surface area contributed by atoms with E-state index in [1.165, 1.54) is 99.4 Å². The summed E-state index contributed by atoms with van der Waals surface area (Å²) in [4.78, 5) is 0. The molecule has 8 aromatic carbocycles. The van der Waals surface area contributed by atoms with Crippen LogP contribution in [0.4, 0.5) is 0 Å². The fraction of sp³-hybridized carbons (Fsp3) is 0.0638. The summed E-state index contributed by atoms with van der Waals surface area (Å²) < 4.78 is 0. The first-order valence-corrected chi connectivity index (χ1v) is 16.6. The van der Waals surface area contributed by atoms with Crippen LogP contribution in [-0.4, -0.2) is 0 Å². The first-order chi connectivity index (χ1) is 23.1. The van der Waals surface area contributed by atoms with Crippen LogP contribution < -0.4 is 0 Å². The molecule has 0 aliphatic heterocycles. The highest BCUT2D eigenvalue weighted by Crippen LogP contribution is 2.57. The van der Waals surface area contributed by atoms with Gasteiger partial charge in [-0.15, -0.1) is 0 Å². The molecule has 2 aliphatic rings. The Morgan fingerprint density at radius 3 is 1.53 bits per heavy atom.